The first kappa shape index (κ1) is 44.2. The largest absolute Gasteiger partial charge is 0 e. The zero-order valence-corrected chi connectivity index (χ0v) is 25.4. The molecule has 6 heavy (non-hydrogen) atoms. The van der Waals surface area contributed by atoms with Crippen LogP contribution in [0.2, 0.25) is 0 Å². The second kappa shape index (κ2) is 32.5. The minimum atomic E-state index is 0. The molecule has 0 aliphatic rings. The molecule has 0 aromatic heterocycles. The molecule has 0 fully saturated rings. The second-order valence-corrected chi connectivity index (χ2v) is 0. The van der Waals surface area contributed by atoms with Gasteiger partial charge >= 0.3 is 76.8 Å². The monoisotopic (exact) mass is 938 g/mol. The van der Waals surface area contributed by atoms with Gasteiger partial charge in [0.1, 0.15) is 0 Å². The zero-order valence-electron chi connectivity index (χ0n) is 3.35. The van der Waals surface area contributed by atoms with E-state index in [9.17, 15) is 0 Å². The fourth-order valence-electron chi connectivity index (χ4n) is 0. The predicted octanol–water partition coefficient (Wildman–Crippen LogP) is -4.69. The quantitative estimate of drug-likeness (QED) is 0.215. The molecular weight excluding hydrogens is 923 g/mol. The zero-order chi connectivity index (χ0) is 0. The van der Waals surface area contributed by atoms with Crippen LogP contribution in [0, 0.1) is 0 Å². The van der Waals surface area contributed by atoms with Gasteiger partial charge in [-0.2, -0.15) is 0 Å². The smallest absolute Gasteiger partial charge is 0 e. The van der Waals surface area contributed by atoms with Gasteiger partial charge in [-0.3, -0.25) is 0 Å². The van der Waals surface area contributed by atoms with Crippen molar-refractivity contribution < 1.29 is 0 Å². The summed E-state index contributed by atoms with van der Waals surface area (Å²) in [5, 5.41) is 0. The van der Waals surface area contributed by atoms with Crippen LogP contribution in [0.5, 0.6) is 0 Å². The predicted molar refractivity (Wildman–Crippen MR) is 47.1 cm³/mol. The van der Waals surface area contributed by atoms with Gasteiger partial charge in [-0.15, -0.1) is 0 Å². The van der Waals surface area contributed by atoms with E-state index >= 15 is 0 Å². The number of hydrogen-bond donors (Lipinski definition) is 0. The fraction of sp³-hybridized carbons (Fsp3) is 0. The van der Waals surface area contributed by atoms with E-state index in [1.165, 1.54) is 0 Å². The van der Waals surface area contributed by atoms with Gasteiger partial charge in [-0.25, -0.2) is 0 Å². The maximum Gasteiger partial charge on any atom is 0 e. The van der Waals surface area contributed by atoms with Crippen LogP contribution in [0.25, 0.3) is 0 Å². The van der Waals surface area contributed by atoms with Crippen molar-refractivity contribution in [1.29, 1.82) is 0 Å². The maximum atomic E-state index is 0. The van der Waals surface area contributed by atoms with Crippen molar-refractivity contribution in [2.24, 2.45) is 0 Å². The molecule has 0 rings (SSSR count). The van der Waals surface area contributed by atoms with E-state index in [4.69, 9.17) is 0 Å². The summed E-state index contributed by atoms with van der Waals surface area (Å²) in [6.07, 6.45) is 0. The van der Waals surface area contributed by atoms with E-state index < -0.39 is 0 Å². The first-order valence-electron chi connectivity index (χ1n) is 0. The minimum absolute atomic E-state index is 0. The molecule has 0 atom stereocenters. The Hall–Kier alpha value is 4.95. The molecule has 0 heterocycles. The number of rotatable bonds is 0. The molecule has 0 aliphatic heterocycles. The van der Waals surface area contributed by atoms with Crippen molar-refractivity contribution in [3.8, 4) is 0 Å². The molecule has 0 aromatic rings. The average molecular weight is 932 g/mol. The van der Waals surface area contributed by atoms with Crippen LogP contribution in [0.15, 0.2) is 0 Å². The Morgan fingerprint density at radius 2 is 0.500 bits per heavy atom. The molecule has 6 heteroatoms. The summed E-state index contributed by atoms with van der Waals surface area (Å²) in [6, 6.07) is 0. The van der Waals surface area contributed by atoms with E-state index in [0.717, 1.165) is 0 Å². The second-order valence-electron chi connectivity index (χ2n) is 0. The van der Waals surface area contributed by atoms with Gasteiger partial charge in [0, 0.05) is 71.0 Å². The molecular formula is H9Bi2SbTe3. The first-order chi connectivity index (χ1) is 0. The Labute approximate surface area is 144 Å². The first-order valence-corrected chi connectivity index (χ1v) is 0. The molecule has 0 amide bonds. The summed E-state index contributed by atoms with van der Waals surface area (Å²) >= 11 is 0. The molecule has 6 radical (unpaired) electrons. The summed E-state index contributed by atoms with van der Waals surface area (Å²) in [6.45, 7) is 0. The van der Waals surface area contributed by atoms with Crippen molar-refractivity contribution in [3.63, 3.8) is 0 Å². The minimum Gasteiger partial charge on any atom is 0 e. The van der Waals surface area contributed by atoms with Gasteiger partial charge in [0.2, 0.25) is 0 Å². The molecule has 0 aromatic carbocycles. The molecule has 0 spiro atoms. The third-order valence-electron chi connectivity index (χ3n) is 0. The normalized spacial score (nSPS) is 0. The molecule has 0 bridgehead atoms. The van der Waals surface area contributed by atoms with Crippen molar-refractivity contribution in [1.82, 2.24) is 0 Å². The van der Waals surface area contributed by atoms with Crippen LogP contribution >= 0.6 is 0 Å². The van der Waals surface area contributed by atoms with Crippen molar-refractivity contribution in [2.45, 2.75) is 0 Å². The molecule has 0 saturated carbocycles. The number of hydrogen-bond acceptors (Lipinski definition) is 0. The van der Waals surface area contributed by atoms with E-state index in [1.807, 2.05) is 0 Å². The Kier molecular flexibility index (Phi) is 240. The van der Waals surface area contributed by atoms with Gasteiger partial charge in [-0.05, 0) is 0 Å². The van der Waals surface area contributed by atoms with Gasteiger partial charge < -0.3 is 0 Å². The standard InChI is InChI=1S/2Bi.Sb.3Te.9H. The van der Waals surface area contributed by atoms with Crippen molar-refractivity contribution >= 4 is 148 Å². The van der Waals surface area contributed by atoms with Crippen LogP contribution in [-0.4, -0.2) is 148 Å². The van der Waals surface area contributed by atoms with Crippen LogP contribution in [-0.2, 0) is 0 Å². The van der Waals surface area contributed by atoms with Crippen LogP contribution < -0.4 is 0 Å². The summed E-state index contributed by atoms with van der Waals surface area (Å²) in [5.41, 5.74) is 0. The summed E-state index contributed by atoms with van der Waals surface area (Å²) in [7, 11) is 0. The Balaban J connectivity index is 0. The molecule has 0 unspecified atom stereocenters. The third kappa shape index (κ3) is 23.1. The topological polar surface area (TPSA) is 0 Å². The van der Waals surface area contributed by atoms with Gasteiger partial charge in [0.25, 0.3) is 0 Å². The molecule has 42 valence electrons. The summed E-state index contributed by atoms with van der Waals surface area (Å²) in [5.74, 6) is 0. The van der Waals surface area contributed by atoms with Gasteiger partial charge in [0.15, 0.2) is 0 Å². The SMILES string of the molecule is [BiH3].[BiH3].[SbH3].[Te].[Te].[Te]. The van der Waals surface area contributed by atoms with Crippen molar-refractivity contribution in [2.75, 3.05) is 0 Å². The molecule has 0 aliphatic carbocycles. The Morgan fingerprint density at radius 3 is 0.500 bits per heavy atom. The van der Waals surface area contributed by atoms with Crippen LogP contribution in [0.4, 0.5) is 0 Å². The summed E-state index contributed by atoms with van der Waals surface area (Å²) < 4.78 is 0. The van der Waals surface area contributed by atoms with Crippen LogP contribution in [0.1, 0.15) is 0 Å². The van der Waals surface area contributed by atoms with Gasteiger partial charge in [-0.1, -0.05) is 0 Å². The Morgan fingerprint density at radius 1 is 0.500 bits per heavy atom. The van der Waals surface area contributed by atoms with E-state index in [-0.39, 0.29) is 148 Å². The van der Waals surface area contributed by atoms with E-state index in [2.05, 4.69) is 0 Å². The molecule has 0 N–H and O–H groups in total. The van der Waals surface area contributed by atoms with Crippen LogP contribution in [0.3, 0.4) is 0 Å². The average Bonchev–Trinajstić information content (AvgIpc) is 0. The molecule has 0 saturated heterocycles. The van der Waals surface area contributed by atoms with Crippen molar-refractivity contribution in [3.05, 3.63) is 0 Å². The maximum absolute atomic E-state index is 0. The summed E-state index contributed by atoms with van der Waals surface area (Å²) in [4.78, 5) is 0. The Bertz CT molecular complexity index is 8.75. The van der Waals surface area contributed by atoms with E-state index in [1.54, 1.807) is 0 Å². The molecule has 0 nitrogen and oxygen atoms in total. The third-order valence-corrected chi connectivity index (χ3v) is 0. The van der Waals surface area contributed by atoms with E-state index in [0.29, 0.717) is 0 Å². The fourth-order valence-corrected chi connectivity index (χ4v) is 0. The van der Waals surface area contributed by atoms with Gasteiger partial charge in [0.05, 0.1) is 0 Å².